The molecule has 0 radical (unpaired) electrons. The molecule has 0 bridgehead atoms. The van der Waals surface area contributed by atoms with Crippen LogP contribution in [-0.2, 0) is 4.79 Å². The van der Waals surface area contributed by atoms with Crippen molar-refractivity contribution >= 4 is 11.9 Å². The highest BCUT2D eigenvalue weighted by Gasteiger charge is 2.19. The lowest BCUT2D eigenvalue weighted by molar-refractivity contribution is -0.139. The molecule has 16 heavy (non-hydrogen) atoms. The molecule has 0 aliphatic heterocycles. The molecule has 3 N–H and O–H groups in total. The lowest BCUT2D eigenvalue weighted by Gasteiger charge is -2.12. The summed E-state index contributed by atoms with van der Waals surface area (Å²) in [5.74, 6) is -1.85. The summed E-state index contributed by atoms with van der Waals surface area (Å²) < 4.78 is 0. The summed E-state index contributed by atoms with van der Waals surface area (Å²) in [6, 6.07) is 5.04. The summed E-state index contributed by atoms with van der Waals surface area (Å²) in [4.78, 5) is 22.3. The van der Waals surface area contributed by atoms with Gasteiger partial charge in [0.05, 0.1) is 5.56 Å². The maximum absolute atomic E-state index is 11.6. The summed E-state index contributed by atoms with van der Waals surface area (Å²) in [5, 5.41) is 20.5. The summed E-state index contributed by atoms with van der Waals surface area (Å²) in [6.07, 6.45) is 0.286. The molecule has 0 heterocycles. The minimum absolute atomic E-state index is 0.0715. The van der Waals surface area contributed by atoms with Crippen molar-refractivity contribution in [1.82, 2.24) is 5.32 Å². The predicted molar refractivity (Wildman–Crippen MR) is 57.3 cm³/mol. The van der Waals surface area contributed by atoms with Gasteiger partial charge in [0, 0.05) is 0 Å². The quantitative estimate of drug-likeness (QED) is 0.710. The van der Waals surface area contributed by atoms with E-state index in [-0.39, 0.29) is 17.7 Å². The summed E-state index contributed by atoms with van der Waals surface area (Å²) in [5.41, 5.74) is 0.0715. The van der Waals surface area contributed by atoms with Crippen LogP contribution in [-0.4, -0.2) is 28.1 Å². The molecule has 1 aromatic carbocycles. The topological polar surface area (TPSA) is 86.6 Å². The number of benzene rings is 1. The van der Waals surface area contributed by atoms with Crippen LogP contribution in [0.15, 0.2) is 24.3 Å². The third-order valence-electron chi connectivity index (χ3n) is 2.16. The Balaban J connectivity index is 2.80. The summed E-state index contributed by atoms with van der Waals surface area (Å²) >= 11 is 0. The van der Waals surface area contributed by atoms with Gasteiger partial charge in [0.15, 0.2) is 0 Å². The zero-order valence-electron chi connectivity index (χ0n) is 8.80. The average molecular weight is 223 g/mol. The number of phenols is 1. The Kier molecular flexibility index (Phi) is 3.88. The van der Waals surface area contributed by atoms with Gasteiger partial charge in [-0.05, 0) is 18.6 Å². The minimum atomic E-state index is -1.09. The van der Waals surface area contributed by atoms with Crippen LogP contribution in [0.5, 0.6) is 5.75 Å². The SMILES string of the molecule is CC[C@@H](NC(=O)c1ccccc1O)C(=O)O. The highest BCUT2D eigenvalue weighted by molar-refractivity contribution is 5.98. The largest absolute Gasteiger partial charge is 0.507 e. The van der Waals surface area contributed by atoms with Gasteiger partial charge < -0.3 is 15.5 Å². The molecule has 0 aliphatic carbocycles. The molecule has 5 nitrogen and oxygen atoms in total. The molecule has 1 aromatic rings. The maximum atomic E-state index is 11.6. The molecule has 86 valence electrons. The van der Waals surface area contributed by atoms with E-state index < -0.39 is 17.9 Å². The van der Waals surface area contributed by atoms with Crippen LogP contribution in [0, 0.1) is 0 Å². The molecular formula is C11H13NO4. The number of carbonyl (C=O) groups excluding carboxylic acids is 1. The first-order valence-corrected chi connectivity index (χ1v) is 4.88. The smallest absolute Gasteiger partial charge is 0.326 e. The van der Waals surface area contributed by atoms with Gasteiger partial charge in [-0.3, -0.25) is 4.79 Å². The fourth-order valence-corrected chi connectivity index (χ4v) is 1.24. The Morgan fingerprint density at radius 3 is 2.50 bits per heavy atom. The van der Waals surface area contributed by atoms with Gasteiger partial charge in [0.1, 0.15) is 11.8 Å². The lowest BCUT2D eigenvalue weighted by Crippen LogP contribution is -2.40. The molecule has 1 atom stereocenters. The van der Waals surface area contributed by atoms with E-state index in [1.165, 1.54) is 12.1 Å². The van der Waals surface area contributed by atoms with E-state index in [9.17, 15) is 14.7 Å². The number of hydrogen-bond acceptors (Lipinski definition) is 3. The Morgan fingerprint density at radius 2 is 2.00 bits per heavy atom. The Hall–Kier alpha value is -2.04. The van der Waals surface area contributed by atoms with Crippen molar-refractivity contribution in [1.29, 1.82) is 0 Å². The molecular weight excluding hydrogens is 210 g/mol. The first-order valence-electron chi connectivity index (χ1n) is 4.88. The van der Waals surface area contributed by atoms with Crippen molar-refractivity contribution in [3.05, 3.63) is 29.8 Å². The molecule has 0 saturated heterocycles. The van der Waals surface area contributed by atoms with E-state index in [0.29, 0.717) is 0 Å². The number of phenolic OH excluding ortho intramolecular Hbond substituents is 1. The normalized spacial score (nSPS) is 11.8. The molecule has 0 unspecified atom stereocenters. The number of nitrogens with one attached hydrogen (secondary N) is 1. The Bertz CT molecular complexity index is 403. The standard InChI is InChI=1S/C11H13NO4/c1-2-8(11(15)16)12-10(14)7-5-3-4-6-9(7)13/h3-6,8,13H,2H2,1H3,(H,12,14)(H,15,16)/t8-/m1/s1. The number of hydrogen-bond donors (Lipinski definition) is 3. The number of aromatic hydroxyl groups is 1. The van der Waals surface area contributed by atoms with Crippen molar-refractivity contribution in [2.45, 2.75) is 19.4 Å². The van der Waals surface area contributed by atoms with Crippen LogP contribution >= 0.6 is 0 Å². The third-order valence-corrected chi connectivity index (χ3v) is 2.16. The zero-order chi connectivity index (χ0) is 12.1. The number of amides is 1. The second-order valence-electron chi connectivity index (χ2n) is 3.29. The molecule has 0 spiro atoms. The Labute approximate surface area is 92.7 Å². The molecule has 0 aromatic heterocycles. The van der Waals surface area contributed by atoms with Crippen molar-refractivity contribution in [2.75, 3.05) is 0 Å². The average Bonchev–Trinajstić information content (AvgIpc) is 2.25. The van der Waals surface area contributed by atoms with Crippen LogP contribution in [0.2, 0.25) is 0 Å². The van der Waals surface area contributed by atoms with Gasteiger partial charge in [-0.2, -0.15) is 0 Å². The maximum Gasteiger partial charge on any atom is 0.326 e. The highest BCUT2D eigenvalue weighted by atomic mass is 16.4. The summed E-state index contributed by atoms with van der Waals surface area (Å²) in [7, 11) is 0. The summed E-state index contributed by atoms with van der Waals surface area (Å²) in [6.45, 7) is 1.66. The number of aliphatic carboxylic acids is 1. The number of carboxylic acid groups (broad SMARTS) is 1. The number of rotatable bonds is 4. The van der Waals surface area contributed by atoms with Gasteiger partial charge in [0.2, 0.25) is 0 Å². The Morgan fingerprint density at radius 1 is 1.38 bits per heavy atom. The van der Waals surface area contributed by atoms with Crippen molar-refractivity contribution in [3.63, 3.8) is 0 Å². The second-order valence-corrected chi connectivity index (χ2v) is 3.29. The van der Waals surface area contributed by atoms with E-state index in [4.69, 9.17) is 5.11 Å². The zero-order valence-corrected chi connectivity index (χ0v) is 8.80. The molecule has 5 heteroatoms. The van der Waals surface area contributed by atoms with Crippen molar-refractivity contribution in [3.8, 4) is 5.75 Å². The molecule has 1 rings (SSSR count). The number of carbonyl (C=O) groups is 2. The molecule has 0 saturated carbocycles. The van der Waals surface area contributed by atoms with Gasteiger partial charge >= 0.3 is 5.97 Å². The van der Waals surface area contributed by atoms with Crippen LogP contribution in [0.1, 0.15) is 23.7 Å². The van der Waals surface area contributed by atoms with Gasteiger partial charge in [-0.25, -0.2) is 4.79 Å². The first-order chi connectivity index (χ1) is 7.56. The first kappa shape index (κ1) is 12.0. The second kappa shape index (κ2) is 5.16. The fourth-order valence-electron chi connectivity index (χ4n) is 1.24. The lowest BCUT2D eigenvalue weighted by atomic mass is 10.1. The van der Waals surface area contributed by atoms with E-state index in [1.807, 2.05) is 0 Å². The fraction of sp³-hybridized carbons (Fsp3) is 0.273. The van der Waals surface area contributed by atoms with Crippen LogP contribution in [0.25, 0.3) is 0 Å². The van der Waals surface area contributed by atoms with Crippen LogP contribution in [0.4, 0.5) is 0 Å². The van der Waals surface area contributed by atoms with Gasteiger partial charge in [0.25, 0.3) is 5.91 Å². The van der Waals surface area contributed by atoms with Crippen molar-refractivity contribution in [2.24, 2.45) is 0 Å². The highest BCUT2D eigenvalue weighted by Crippen LogP contribution is 2.15. The number of para-hydroxylation sites is 1. The van der Waals surface area contributed by atoms with E-state index in [1.54, 1.807) is 19.1 Å². The van der Waals surface area contributed by atoms with Gasteiger partial charge in [-0.1, -0.05) is 19.1 Å². The van der Waals surface area contributed by atoms with E-state index in [0.717, 1.165) is 0 Å². The third kappa shape index (κ3) is 2.73. The van der Waals surface area contributed by atoms with Gasteiger partial charge in [-0.15, -0.1) is 0 Å². The van der Waals surface area contributed by atoms with E-state index >= 15 is 0 Å². The van der Waals surface area contributed by atoms with Crippen molar-refractivity contribution < 1.29 is 19.8 Å². The molecule has 0 aliphatic rings. The minimum Gasteiger partial charge on any atom is -0.507 e. The predicted octanol–water partition coefficient (Wildman–Crippen LogP) is 0.985. The monoisotopic (exact) mass is 223 g/mol. The van der Waals surface area contributed by atoms with Crippen LogP contribution < -0.4 is 5.32 Å². The molecule has 0 fully saturated rings. The van der Waals surface area contributed by atoms with Crippen LogP contribution in [0.3, 0.4) is 0 Å². The molecule has 1 amide bonds. The number of carboxylic acids is 1. The van der Waals surface area contributed by atoms with E-state index in [2.05, 4.69) is 5.32 Å².